The lowest BCUT2D eigenvalue weighted by Gasteiger charge is -2.39. The molecule has 5 N–H and O–H groups in total. The summed E-state index contributed by atoms with van der Waals surface area (Å²) < 4.78 is 29.0. The number of nitrogens with two attached hydrogens (primary N) is 1. The van der Waals surface area contributed by atoms with E-state index in [0.29, 0.717) is 38.3 Å². The highest BCUT2D eigenvalue weighted by Gasteiger charge is 2.58. The number of allylic oxidation sites excluding steroid dienone is 2. The van der Waals surface area contributed by atoms with Crippen LogP contribution in [0.1, 0.15) is 92.1 Å². The molecule has 0 aromatic heterocycles. The maximum atomic E-state index is 12.9. The first kappa shape index (κ1) is 42.9. The average Bonchev–Trinajstić information content (AvgIpc) is 3.91. The summed E-state index contributed by atoms with van der Waals surface area (Å²) in [4.78, 5) is 36.5. The molecule has 3 saturated heterocycles. The van der Waals surface area contributed by atoms with Gasteiger partial charge in [-0.1, -0.05) is 30.7 Å². The number of aliphatic hydroxyl groups excluding tert-OH is 1. The molecule has 13 heteroatoms. The fraction of sp³-hybridized carbons (Fsp3) is 0.610. The van der Waals surface area contributed by atoms with E-state index in [4.69, 9.17) is 29.4 Å². The Morgan fingerprint density at radius 3 is 2.52 bits per heavy atom. The number of amides is 2. The maximum absolute atomic E-state index is 12.9. The maximum Gasteiger partial charge on any atom is 0.303 e. The van der Waals surface area contributed by atoms with Gasteiger partial charge in [0.2, 0.25) is 11.8 Å². The summed E-state index contributed by atoms with van der Waals surface area (Å²) in [5.41, 5.74) is 9.98. The van der Waals surface area contributed by atoms with Crippen molar-refractivity contribution in [2.45, 2.75) is 135 Å². The van der Waals surface area contributed by atoms with Crippen molar-refractivity contribution in [3.8, 4) is 5.75 Å². The molecule has 0 saturated carbocycles. The van der Waals surface area contributed by atoms with E-state index in [0.717, 1.165) is 42.6 Å². The van der Waals surface area contributed by atoms with Gasteiger partial charge in [0.15, 0.2) is 0 Å². The second-order valence-electron chi connectivity index (χ2n) is 14.8. The number of unbranched alkanes of at least 4 members (excludes halogenated alkanes) is 2. The number of hydrogen-bond donors (Lipinski definition) is 4. The van der Waals surface area contributed by atoms with Crippen LogP contribution in [0, 0.1) is 5.92 Å². The molecule has 54 heavy (non-hydrogen) atoms. The van der Waals surface area contributed by atoms with Gasteiger partial charge in [0.25, 0.3) is 0 Å². The van der Waals surface area contributed by atoms with Crippen LogP contribution in [0.4, 0.5) is 0 Å². The van der Waals surface area contributed by atoms with Crippen molar-refractivity contribution in [3.63, 3.8) is 0 Å². The number of hydrogen-bond acceptors (Lipinski definition) is 11. The zero-order valence-electron chi connectivity index (χ0n) is 32.6. The molecular weight excluding hydrogens is 692 g/mol. The van der Waals surface area contributed by atoms with Crippen molar-refractivity contribution >= 4 is 23.5 Å². The van der Waals surface area contributed by atoms with Gasteiger partial charge in [0.1, 0.15) is 29.7 Å². The first-order chi connectivity index (χ1) is 25.8. The number of rotatable bonds is 18. The van der Waals surface area contributed by atoms with Crippen LogP contribution >= 0.6 is 0 Å². The predicted octanol–water partition coefficient (Wildman–Crippen LogP) is 4.41. The van der Waals surface area contributed by atoms with Crippen LogP contribution < -0.4 is 21.2 Å². The predicted molar refractivity (Wildman–Crippen MR) is 206 cm³/mol. The Hall–Kier alpha value is -3.88. The normalized spacial score (nSPS) is 29.3. The molecule has 3 aliphatic heterocycles. The Labute approximate surface area is 319 Å². The number of carbonyl (C=O) groups excluding carboxylic acids is 3. The summed E-state index contributed by atoms with van der Waals surface area (Å²) in [5, 5.41) is 18.4. The molecule has 0 aliphatic carbocycles. The van der Waals surface area contributed by atoms with E-state index < -0.39 is 36.0 Å². The highest BCUT2D eigenvalue weighted by molar-refractivity contribution is 5.99. The molecule has 0 radical (unpaired) electrons. The molecule has 2 amide bonds. The van der Waals surface area contributed by atoms with Crippen molar-refractivity contribution in [3.05, 3.63) is 65.8 Å². The van der Waals surface area contributed by atoms with Gasteiger partial charge in [-0.25, -0.2) is 5.43 Å². The van der Waals surface area contributed by atoms with E-state index in [-0.39, 0.29) is 42.4 Å². The topological polar surface area (TPSA) is 183 Å². The van der Waals surface area contributed by atoms with Crippen LogP contribution in [-0.2, 0) is 33.3 Å². The molecule has 1 aromatic rings. The Morgan fingerprint density at radius 2 is 1.83 bits per heavy atom. The van der Waals surface area contributed by atoms with Crippen molar-refractivity contribution in [1.29, 1.82) is 0 Å². The van der Waals surface area contributed by atoms with Gasteiger partial charge in [-0.05, 0) is 108 Å². The lowest BCUT2D eigenvalue weighted by atomic mass is 9.87. The number of carbonyl (C=O) groups is 3. The molecule has 9 atom stereocenters. The van der Waals surface area contributed by atoms with Gasteiger partial charge < -0.3 is 39.8 Å². The fourth-order valence-electron chi connectivity index (χ4n) is 6.76. The molecule has 13 nitrogen and oxygen atoms in total. The molecular formula is C41H60N4O9. The fourth-order valence-corrected chi connectivity index (χ4v) is 6.76. The van der Waals surface area contributed by atoms with Crippen LogP contribution in [0.3, 0.4) is 0 Å². The smallest absolute Gasteiger partial charge is 0.303 e. The highest BCUT2D eigenvalue weighted by atomic mass is 16.6. The van der Waals surface area contributed by atoms with Crippen LogP contribution in [-0.4, -0.2) is 96.6 Å². The number of epoxide rings is 1. The van der Waals surface area contributed by atoms with Crippen LogP contribution in [0.5, 0.6) is 5.75 Å². The summed E-state index contributed by atoms with van der Waals surface area (Å²) in [6.07, 6.45) is 11.1. The molecule has 1 unspecified atom stereocenters. The quantitative estimate of drug-likeness (QED) is 0.0319. The van der Waals surface area contributed by atoms with E-state index in [2.05, 4.69) is 28.8 Å². The molecule has 3 aliphatic rings. The van der Waals surface area contributed by atoms with Gasteiger partial charge in [-0.15, -0.1) is 0 Å². The number of hydrazone groups is 1. The second-order valence-corrected chi connectivity index (χ2v) is 14.8. The Balaban J connectivity index is 1.24. The van der Waals surface area contributed by atoms with Gasteiger partial charge in [-0.2, -0.15) is 5.10 Å². The molecule has 3 fully saturated rings. The largest absolute Gasteiger partial charge is 0.494 e. The van der Waals surface area contributed by atoms with E-state index in [1.807, 2.05) is 57.2 Å². The van der Waals surface area contributed by atoms with Gasteiger partial charge in [-0.3, -0.25) is 14.4 Å². The summed E-state index contributed by atoms with van der Waals surface area (Å²) >= 11 is 0. The Morgan fingerprint density at radius 1 is 1.09 bits per heavy atom. The van der Waals surface area contributed by atoms with Gasteiger partial charge >= 0.3 is 5.97 Å². The number of aliphatic hydroxyl groups is 1. The number of nitrogens with one attached hydrogen (secondary N) is 2. The number of nitrogens with zero attached hydrogens (tertiary/aromatic N) is 1. The number of esters is 1. The van der Waals surface area contributed by atoms with Gasteiger partial charge in [0.05, 0.1) is 49.7 Å². The van der Waals surface area contributed by atoms with Gasteiger partial charge in [0, 0.05) is 19.4 Å². The average molecular weight is 753 g/mol. The summed E-state index contributed by atoms with van der Waals surface area (Å²) in [6.45, 7) is 12.6. The SMILES string of the molecule is CC(=O)OC(C)C=CC(=O)N[C@@H]1C[C@H](C)[C@H](CC=C(C)C=C[C@H]2O[C@H](CC(=O)NN=C(C)c3ccc(OCCCCCN)cc3)C[C@@]3(CO3)[C@@H]2O)O[C@@H]1C. The second kappa shape index (κ2) is 20.7. The summed E-state index contributed by atoms with van der Waals surface area (Å²) in [6, 6.07) is 7.46. The van der Waals surface area contributed by atoms with Crippen LogP contribution in [0.15, 0.2) is 65.3 Å². The van der Waals surface area contributed by atoms with Crippen molar-refractivity contribution in [1.82, 2.24) is 10.7 Å². The number of benzene rings is 1. The van der Waals surface area contributed by atoms with Crippen molar-refractivity contribution < 1.29 is 43.2 Å². The zero-order chi connectivity index (χ0) is 39.3. The van der Waals surface area contributed by atoms with Crippen LogP contribution in [0.2, 0.25) is 0 Å². The van der Waals surface area contributed by atoms with Crippen molar-refractivity contribution in [2.24, 2.45) is 16.8 Å². The van der Waals surface area contributed by atoms with Crippen LogP contribution in [0.25, 0.3) is 0 Å². The minimum absolute atomic E-state index is 0.0279. The minimum Gasteiger partial charge on any atom is -0.494 e. The highest BCUT2D eigenvalue weighted by Crippen LogP contribution is 2.43. The lowest BCUT2D eigenvalue weighted by Crippen LogP contribution is -2.50. The first-order valence-electron chi connectivity index (χ1n) is 19.2. The number of ether oxygens (including phenoxy) is 5. The Bertz CT molecular complexity index is 1520. The van der Waals surface area contributed by atoms with E-state index >= 15 is 0 Å². The minimum atomic E-state index is -0.853. The monoisotopic (exact) mass is 752 g/mol. The third kappa shape index (κ3) is 13.5. The van der Waals surface area contributed by atoms with E-state index in [1.165, 1.54) is 13.0 Å². The molecule has 298 valence electrons. The zero-order valence-corrected chi connectivity index (χ0v) is 32.6. The molecule has 3 heterocycles. The summed E-state index contributed by atoms with van der Waals surface area (Å²) in [5.74, 6) is 0.0319. The summed E-state index contributed by atoms with van der Waals surface area (Å²) in [7, 11) is 0. The third-order valence-electron chi connectivity index (χ3n) is 10.1. The molecule has 4 rings (SSSR count). The molecule has 1 spiro atoms. The first-order valence-corrected chi connectivity index (χ1v) is 19.2. The standard InChI is InChI=1S/C41H60N4O9/c1-26(10-17-36-27(2)22-35(30(5)53-36)43-38(47)19-12-28(3)52-31(6)46)11-18-37-40(49)41(25-51-41)24-34(54-37)23-39(48)45-44-29(4)32-13-15-33(16-14-32)50-21-9-7-8-20-42/h10-16,18-19,27-28,30,34-37,40,49H,7-9,17,20-25,42H2,1-6H3,(H,43,47)(H,45,48)/t27-,28?,30+,34+,35+,36-,37+,40+,41+/m0/s1. The van der Waals surface area contributed by atoms with E-state index in [9.17, 15) is 19.5 Å². The lowest BCUT2D eigenvalue weighted by molar-refractivity contribution is -0.145. The Kier molecular flexibility index (Phi) is 16.4. The molecule has 0 bridgehead atoms. The molecule has 1 aromatic carbocycles. The van der Waals surface area contributed by atoms with Crippen molar-refractivity contribution in [2.75, 3.05) is 19.8 Å². The third-order valence-corrected chi connectivity index (χ3v) is 10.1. The van der Waals surface area contributed by atoms with E-state index in [1.54, 1.807) is 13.0 Å².